The summed E-state index contributed by atoms with van der Waals surface area (Å²) in [4.78, 5) is 0. The van der Waals surface area contributed by atoms with Crippen molar-refractivity contribution in [3.05, 3.63) is 28.6 Å². The second-order valence-electron chi connectivity index (χ2n) is 2.81. The maximum atomic E-state index is 5.92. The molecule has 0 amide bonds. The molecule has 1 aromatic rings. The summed E-state index contributed by atoms with van der Waals surface area (Å²) in [6, 6.07) is 0. The monoisotopic (exact) mass is 260 g/mol. The minimum absolute atomic E-state index is 0.424. The fraction of sp³-hybridized carbons (Fsp3) is 0.333. The summed E-state index contributed by atoms with van der Waals surface area (Å²) in [5.74, 6) is 0. The van der Waals surface area contributed by atoms with Gasteiger partial charge in [-0.2, -0.15) is 5.10 Å². The molecule has 0 radical (unpaired) electrons. The van der Waals surface area contributed by atoms with Crippen LogP contribution in [0.5, 0.6) is 0 Å². The summed E-state index contributed by atoms with van der Waals surface area (Å²) in [7, 11) is 0. The Balaban J connectivity index is 3.33. The Morgan fingerprint density at radius 2 is 2.08 bits per heavy atom. The van der Waals surface area contributed by atoms with Gasteiger partial charge in [0.2, 0.25) is 0 Å². The van der Waals surface area contributed by atoms with Crippen LogP contribution in [0.2, 0.25) is 5.15 Å². The third-order valence-electron chi connectivity index (χ3n) is 1.93. The Hall–Kier alpha value is -0.410. The molecule has 0 saturated heterocycles. The molecule has 0 spiro atoms. The number of halogens is 2. The van der Waals surface area contributed by atoms with E-state index in [4.69, 9.17) is 11.6 Å². The largest absolute Gasteiger partial charge is 0.159 e. The highest BCUT2D eigenvalue weighted by Gasteiger charge is 2.11. The smallest absolute Gasteiger partial charge is 0.154 e. The Labute approximate surface area is 91.1 Å². The molecule has 13 heavy (non-hydrogen) atoms. The zero-order valence-electron chi connectivity index (χ0n) is 7.56. The molecule has 0 aliphatic heterocycles. The van der Waals surface area contributed by atoms with Gasteiger partial charge in [-0.1, -0.05) is 34.1 Å². The van der Waals surface area contributed by atoms with Crippen LogP contribution in [-0.2, 0) is 0 Å². The van der Waals surface area contributed by atoms with Crippen LogP contribution >= 0.6 is 27.5 Å². The predicted octanol–water partition coefficient (Wildman–Crippen LogP) is 3.15. The highest BCUT2D eigenvalue weighted by Crippen LogP contribution is 2.26. The second-order valence-corrected chi connectivity index (χ2v) is 3.73. The lowest BCUT2D eigenvalue weighted by molar-refractivity contribution is 0.955. The molecular formula is C9H10BrClN2. The SMILES string of the molecule is C=C(CBr)c1c(Cl)nnc(C)c1C. The molecule has 70 valence electrons. The molecule has 0 aliphatic rings. The molecule has 0 unspecified atom stereocenters. The van der Waals surface area contributed by atoms with E-state index in [-0.39, 0.29) is 0 Å². The van der Waals surface area contributed by atoms with Crippen molar-refractivity contribution >= 4 is 33.1 Å². The number of hydrogen-bond donors (Lipinski definition) is 0. The fourth-order valence-corrected chi connectivity index (χ4v) is 1.65. The van der Waals surface area contributed by atoms with Crippen molar-refractivity contribution in [3.63, 3.8) is 0 Å². The average molecular weight is 262 g/mol. The lowest BCUT2D eigenvalue weighted by Gasteiger charge is -2.09. The number of allylic oxidation sites excluding steroid dienone is 1. The summed E-state index contributed by atoms with van der Waals surface area (Å²) in [5, 5.41) is 8.88. The minimum Gasteiger partial charge on any atom is -0.154 e. The van der Waals surface area contributed by atoms with Gasteiger partial charge in [0.05, 0.1) is 5.69 Å². The first-order valence-corrected chi connectivity index (χ1v) is 5.31. The minimum atomic E-state index is 0.424. The zero-order chi connectivity index (χ0) is 10.0. The third kappa shape index (κ3) is 2.09. The summed E-state index contributed by atoms with van der Waals surface area (Å²) >= 11 is 9.26. The van der Waals surface area contributed by atoms with Crippen LogP contribution in [0.4, 0.5) is 0 Å². The molecule has 0 aromatic carbocycles. The van der Waals surface area contributed by atoms with Crippen molar-refractivity contribution in [1.29, 1.82) is 0 Å². The maximum absolute atomic E-state index is 5.92. The first-order chi connectivity index (χ1) is 6.07. The third-order valence-corrected chi connectivity index (χ3v) is 2.87. The van der Waals surface area contributed by atoms with E-state index in [1.165, 1.54) is 0 Å². The van der Waals surface area contributed by atoms with E-state index < -0.39 is 0 Å². The first kappa shape index (κ1) is 10.7. The van der Waals surface area contributed by atoms with E-state index >= 15 is 0 Å². The highest BCUT2D eigenvalue weighted by atomic mass is 79.9. The van der Waals surface area contributed by atoms with Gasteiger partial charge in [-0.15, -0.1) is 5.10 Å². The summed E-state index contributed by atoms with van der Waals surface area (Å²) in [5.41, 5.74) is 3.78. The molecule has 2 nitrogen and oxygen atoms in total. The van der Waals surface area contributed by atoms with E-state index in [2.05, 4.69) is 32.7 Å². The van der Waals surface area contributed by atoms with E-state index in [1.54, 1.807) is 0 Å². The number of rotatable bonds is 2. The van der Waals surface area contributed by atoms with Crippen molar-refractivity contribution in [2.75, 3.05) is 5.33 Å². The fourth-order valence-electron chi connectivity index (χ4n) is 1.06. The number of aromatic nitrogens is 2. The van der Waals surface area contributed by atoms with Crippen molar-refractivity contribution in [2.24, 2.45) is 0 Å². The standard InChI is InChI=1S/C9H10BrClN2/c1-5(4-10)8-6(2)7(3)12-13-9(8)11/h1,4H2,2-3H3. The van der Waals surface area contributed by atoms with E-state index in [9.17, 15) is 0 Å². The van der Waals surface area contributed by atoms with Crippen LogP contribution in [0.3, 0.4) is 0 Å². The molecule has 1 heterocycles. The summed E-state index contributed by atoms with van der Waals surface area (Å²) in [6.07, 6.45) is 0. The van der Waals surface area contributed by atoms with Gasteiger partial charge in [-0.05, 0) is 25.0 Å². The second kappa shape index (κ2) is 4.20. The van der Waals surface area contributed by atoms with Crippen LogP contribution in [0, 0.1) is 13.8 Å². The molecule has 1 aromatic heterocycles. The van der Waals surface area contributed by atoms with E-state index in [0.717, 1.165) is 22.4 Å². The normalized spacial score (nSPS) is 10.2. The van der Waals surface area contributed by atoms with Gasteiger partial charge in [-0.3, -0.25) is 0 Å². The molecule has 0 N–H and O–H groups in total. The van der Waals surface area contributed by atoms with Gasteiger partial charge in [0.15, 0.2) is 5.15 Å². The van der Waals surface area contributed by atoms with E-state index in [1.807, 2.05) is 13.8 Å². The highest BCUT2D eigenvalue weighted by molar-refractivity contribution is 9.09. The van der Waals surface area contributed by atoms with Crippen molar-refractivity contribution in [3.8, 4) is 0 Å². The zero-order valence-corrected chi connectivity index (χ0v) is 9.91. The molecule has 0 aliphatic carbocycles. The van der Waals surface area contributed by atoms with Gasteiger partial charge >= 0.3 is 0 Å². The van der Waals surface area contributed by atoms with Gasteiger partial charge in [0.25, 0.3) is 0 Å². The van der Waals surface area contributed by atoms with Crippen LogP contribution in [-0.4, -0.2) is 15.5 Å². The predicted molar refractivity (Wildman–Crippen MR) is 59.3 cm³/mol. The lowest BCUT2D eigenvalue weighted by atomic mass is 10.1. The summed E-state index contributed by atoms with van der Waals surface area (Å²) < 4.78 is 0. The average Bonchev–Trinajstić information content (AvgIpc) is 2.12. The number of nitrogens with zero attached hydrogens (tertiary/aromatic N) is 2. The first-order valence-electron chi connectivity index (χ1n) is 3.81. The van der Waals surface area contributed by atoms with E-state index in [0.29, 0.717) is 10.5 Å². The van der Waals surface area contributed by atoms with Crippen LogP contribution in [0.15, 0.2) is 6.58 Å². The quantitative estimate of drug-likeness (QED) is 0.764. The van der Waals surface area contributed by atoms with Crippen molar-refractivity contribution in [1.82, 2.24) is 10.2 Å². The molecule has 1 rings (SSSR count). The summed E-state index contributed by atoms with van der Waals surface area (Å²) in [6.45, 7) is 7.78. The molecule has 0 saturated carbocycles. The molecule has 0 fully saturated rings. The van der Waals surface area contributed by atoms with Gasteiger partial charge in [0.1, 0.15) is 0 Å². The van der Waals surface area contributed by atoms with Crippen molar-refractivity contribution < 1.29 is 0 Å². The number of hydrogen-bond acceptors (Lipinski definition) is 2. The van der Waals surface area contributed by atoms with Crippen LogP contribution < -0.4 is 0 Å². The topological polar surface area (TPSA) is 25.8 Å². The van der Waals surface area contributed by atoms with Crippen LogP contribution in [0.1, 0.15) is 16.8 Å². The Bertz CT molecular complexity index is 350. The number of aryl methyl sites for hydroxylation is 1. The molecule has 4 heteroatoms. The Kier molecular flexibility index (Phi) is 3.45. The molecular weight excluding hydrogens is 251 g/mol. The number of alkyl halides is 1. The van der Waals surface area contributed by atoms with Gasteiger partial charge in [0, 0.05) is 10.9 Å². The lowest BCUT2D eigenvalue weighted by Crippen LogP contribution is -1.99. The Morgan fingerprint density at radius 1 is 1.46 bits per heavy atom. The maximum Gasteiger partial charge on any atom is 0.159 e. The van der Waals surface area contributed by atoms with Gasteiger partial charge < -0.3 is 0 Å². The van der Waals surface area contributed by atoms with Crippen molar-refractivity contribution in [2.45, 2.75) is 13.8 Å². The Morgan fingerprint density at radius 3 is 2.62 bits per heavy atom. The van der Waals surface area contributed by atoms with Gasteiger partial charge in [-0.25, -0.2) is 0 Å². The molecule has 0 bridgehead atoms. The van der Waals surface area contributed by atoms with Crippen LogP contribution in [0.25, 0.3) is 5.57 Å². The molecule has 0 atom stereocenters.